The van der Waals surface area contributed by atoms with Crippen molar-refractivity contribution in [2.75, 3.05) is 13.1 Å². The number of amides is 1. The summed E-state index contributed by atoms with van der Waals surface area (Å²) in [4.78, 5) is 15.8. The second kappa shape index (κ2) is 9.04. The van der Waals surface area contributed by atoms with Crippen LogP contribution in [0.1, 0.15) is 73.1 Å². The average Bonchev–Trinajstić information content (AvgIpc) is 3.08. The van der Waals surface area contributed by atoms with Crippen LogP contribution in [0.25, 0.3) is 0 Å². The van der Waals surface area contributed by atoms with E-state index >= 15 is 0 Å². The third-order valence-electron chi connectivity index (χ3n) is 6.63. The Balaban J connectivity index is 1.51. The van der Waals surface area contributed by atoms with Gasteiger partial charge in [0.2, 0.25) is 0 Å². The number of hydrogen-bond donors (Lipinski definition) is 1. The quantitative estimate of drug-likeness (QED) is 0.691. The smallest absolute Gasteiger partial charge is 0.255 e. The number of nitrogens with one attached hydrogen (secondary N) is 1. The number of unbranched alkanes of at least 4 members (excludes halogenated alkanes) is 1. The van der Waals surface area contributed by atoms with E-state index in [2.05, 4.69) is 68.2 Å². The minimum atomic E-state index is -0.256. The van der Waals surface area contributed by atoms with Crippen LogP contribution in [-0.4, -0.2) is 35.5 Å². The van der Waals surface area contributed by atoms with E-state index in [0.717, 1.165) is 43.7 Å². The molecule has 1 N–H and O–H groups in total. The fraction of sp³-hybridized carbons (Fsp3) is 0.519. The van der Waals surface area contributed by atoms with Gasteiger partial charge in [0.25, 0.3) is 5.91 Å². The first kappa shape index (κ1) is 21.9. The number of nitrogens with zero attached hydrogens (tertiary/aromatic N) is 1. The third-order valence-corrected chi connectivity index (χ3v) is 6.63. The van der Waals surface area contributed by atoms with Gasteiger partial charge in [0.05, 0.1) is 5.56 Å². The summed E-state index contributed by atoms with van der Waals surface area (Å²) in [5.74, 6) is 0.759. The molecule has 0 radical (unpaired) electrons. The van der Waals surface area contributed by atoms with Crippen LogP contribution in [0.2, 0.25) is 0 Å². The third kappa shape index (κ3) is 4.79. The molecule has 4 nitrogen and oxygen atoms in total. The number of carbonyl (C=O) groups is 1. The molecule has 0 spiro atoms. The van der Waals surface area contributed by atoms with Crippen molar-refractivity contribution in [3.05, 3.63) is 64.2 Å². The first-order valence-corrected chi connectivity index (χ1v) is 11.8. The number of hydrogen-bond acceptors (Lipinski definition) is 3. The van der Waals surface area contributed by atoms with Crippen LogP contribution in [0.15, 0.2) is 36.4 Å². The van der Waals surface area contributed by atoms with Crippen molar-refractivity contribution in [1.82, 2.24) is 10.2 Å². The molecule has 2 aromatic rings. The van der Waals surface area contributed by atoms with Crippen LogP contribution < -0.4 is 10.1 Å². The van der Waals surface area contributed by atoms with E-state index in [1.165, 1.54) is 29.5 Å². The molecule has 2 aromatic carbocycles. The molecule has 0 aromatic heterocycles. The lowest BCUT2D eigenvalue weighted by Crippen LogP contribution is -2.47. The van der Waals surface area contributed by atoms with Gasteiger partial charge >= 0.3 is 0 Å². The van der Waals surface area contributed by atoms with E-state index in [1.807, 2.05) is 6.07 Å². The highest BCUT2D eigenvalue weighted by Gasteiger charge is 2.34. The lowest BCUT2D eigenvalue weighted by atomic mass is 9.93. The van der Waals surface area contributed by atoms with Crippen molar-refractivity contribution < 1.29 is 9.53 Å². The van der Waals surface area contributed by atoms with E-state index in [-0.39, 0.29) is 11.5 Å². The van der Waals surface area contributed by atoms with E-state index in [9.17, 15) is 4.79 Å². The Kier molecular flexibility index (Phi) is 6.38. The fourth-order valence-electron chi connectivity index (χ4n) is 4.92. The molecule has 0 fully saturated rings. The standard InChI is InChI=1S/C27H36N2O2/c1-5-7-12-29-18-21-11-9-8-10-20(21)15-23(29)17-28-26(30)24-14-19(6-2)13-22-16-27(3,4)31-25(22)24/h8-11,13-14,23H,5-7,12,15-18H2,1-4H3,(H,28,30)/t23-/m0/s1. The Labute approximate surface area is 187 Å². The van der Waals surface area contributed by atoms with Crippen molar-refractivity contribution in [3.8, 4) is 5.75 Å². The summed E-state index contributed by atoms with van der Waals surface area (Å²) in [6.07, 6.45) is 5.11. The number of ether oxygens (including phenoxy) is 1. The van der Waals surface area contributed by atoms with Crippen LogP contribution in [0, 0.1) is 0 Å². The summed E-state index contributed by atoms with van der Waals surface area (Å²) in [5.41, 5.74) is 5.62. The van der Waals surface area contributed by atoms with Crippen LogP contribution in [0.5, 0.6) is 5.75 Å². The van der Waals surface area contributed by atoms with Gasteiger partial charge < -0.3 is 10.1 Å². The SMILES string of the molecule is CCCCN1Cc2ccccc2C[C@H]1CNC(=O)c1cc(CC)cc2c1OC(C)(C)C2. The highest BCUT2D eigenvalue weighted by Crippen LogP contribution is 2.38. The van der Waals surface area contributed by atoms with Gasteiger partial charge in [0.15, 0.2) is 0 Å². The Hall–Kier alpha value is -2.33. The Morgan fingerprint density at radius 1 is 1.16 bits per heavy atom. The van der Waals surface area contributed by atoms with E-state index in [0.29, 0.717) is 18.2 Å². The van der Waals surface area contributed by atoms with Gasteiger partial charge in [-0.3, -0.25) is 9.69 Å². The molecular weight excluding hydrogens is 384 g/mol. The molecule has 0 aliphatic carbocycles. The molecular formula is C27H36N2O2. The zero-order valence-corrected chi connectivity index (χ0v) is 19.5. The minimum Gasteiger partial charge on any atom is -0.486 e. The highest BCUT2D eigenvalue weighted by molar-refractivity contribution is 5.98. The van der Waals surface area contributed by atoms with Crippen molar-refractivity contribution in [1.29, 1.82) is 0 Å². The highest BCUT2D eigenvalue weighted by atomic mass is 16.5. The summed E-state index contributed by atoms with van der Waals surface area (Å²) in [5, 5.41) is 3.25. The maximum Gasteiger partial charge on any atom is 0.255 e. The lowest BCUT2D eigenvalue weighted by molar-refractivity contribution is 0.0911. The van der Waals surface area contributed by atoms with Gasteiger partial charge in [-0.15, -0.1) is 0 Å². The number of aryl methyl sites for hydroxylation is 1. The molecule has 4 rings (SSSR count). The second-order valence-corrected chi connectivity index (χ2v) is 9.68. The van der Waals surface area contributed by atoms with Gasteiger partial charge in [-0.2, -0.15) is 0 Å². The molecule has 166 valence electrons. The van der Waals surface area contributed by atoms with Crippen molar-refractivity contribution in [2.24, 2.45) is 0 Å². The topological polar surface area (TPSA) is 41.6 Å². The first-order chi connectivity index (χ1) is 14.9. The molecule has 0 unspecified atom stereocenters. The molecule has 0 bridgehead atoms. The van der Waals surface area contributed by atoms with Gasteiger partial charge in [-0.1, -0.05) is 50.6 Å². The monoisotopic (exact) mass is 420 g/mol. The van der Waals surface area contributed by atoms with Crippen molar-refractivity contribution in [3.63, 3.8) is 0 Å². The summed E-state index contributed by atoms with van der Waals surface area (Å²) in [6.45, 7) is 11.2. The van der Waals surface area contributed by atoms with Gasteiger partial charge in [-0.05, 0) is 68.0 Å². The van der Waals surface area contributed by atoms with Gasteiger partial charge in [-0.25, -0.2) is 0 Å². The van der Waals surface area contributed by atoms with Crippen LogP contribution >= 0.6 is 0 Å². The maximum absolute atomic E-state index is 13.3. The number of benzene rings is 2. The maximum atomic E-state index is 13.3. The molecule has 0 saturated carbocycles. The Morgan fingerprint density at radius 3 is 2.68 bits per heavy atom. The summed E-state index contributed by atoms with van der Waals surface area (Å²) < 4.78 is 6.19. The first-order valence-electron chi connectivity index (χ1n) is 11.8. The summed E-state index contributed by atoms with van der Waals surface area (Å²) >= 11 is 0. The van der Waals surface area contributed by atoms with Gasteiger partial charge in [0.1, 0.15) is 11.4 Å². The number of rotatable bonds is 7. The van der Waals surface area contributed by atoms with Gasteiger partial charge in [0, 0.05) is 25.6 Å². The molecule has 4 heteroatoms. The van der Waals surface area contributed by atoms with Crippen LogP contribution in [0.3, 0.4) is 0 Å². The molecule has 0 saturated heterocycles. The van der Waals surface area contributed by atoms with Crippen molar-refractivity contribution >= 4 is 5.91 Å². The Bertz CT molecular complexity index is 950. The zero-order valence-electron chi connectivity index (χ0n) is 19.5. The molecule has 31 heavy (non-hydrogen) atoms. The molecule has 1 atom stereocenters. The largest absolute Gasteiger partial charge is 0.486 e. The summed E-state index contributed by atoms with van der Waals surface area (Å²) in [6, 6.07) is 13.3. The molecule has 1 amide bonds. The zero-order chi connectivity index (χ0) is 22.0. The molecule has 2 aliphatic rings. The number of fused-ring (bicyclic) bond motifs is 2. The molecule has 2 aliphatic heterocycles. The number of carbonyl (C=O) groups excluding carboxylic acids is 1. The van der Waals surface area contributed by atoms with E-state index < -0.39 is 0 Å². The van der Waals surface area contributed by atoms with E-state index in [4.69, 9.17) is 4.74 Å². The predicted molar refractivity (Wildman–Crippen MR) is 126 cm³/mol. The lowest BCUT2D eigenvalue weighted by Gasteiger charge is -2.37. The normalized spacial score (nSPS) is 19.4. The van der Waals surface area contributed by atoms with Crippen molar-refractivity contribution in [2.45, 2.75) is 78.0 Å². The van der Waals surface area contributed by atoms with Crippen LogP contribution in [0.4, 0.5) is 0 Å². The molecule has 2 heterocycles. The Morgan fingerprint density at radius 2 is 1.94 bits per heavy atom. The average molecular weight is 421 g/mol. The second-order valence-electron chi connectivity index (χ2n) is 9.68. The predicted octanol–water partition coefficient (Wildman–Crippen LogP) is 4.92. The van der Waals surface area contributed by atoms with E-state index in [1.54, 1.807) is 0 Å². The minimum absolute atomic E-state index is 0.0152. The fourth-order valence-corrected chi connectivity index (χ4v) is 4.92. The van der Waals surface area contributed by atoms with Crippen LogP contribution in [-0.2, 0) is 25.8 Å². The summed E-state index contributed by atoms with van der Waals surface area (Å²) in [7, 11) is 0.